The molecule has 2 rings (SSSR count). The first-order valence-corrected chi connectivity index (χ1v) is 6.61. The lowest BCUT2D eigenvalue weighted by molar-refractivity contribution is -0.137. The van der Waals surface area contributed by atoms with Crippen LogP contribution in [0.15, 0.2) is 34.4 Å². The first-order valence-electron chi connectivity index (χ1n) is 4.94. The molecule has 0 fully saturated rings. The van der Waals surface area contributed by atoms with Crippen molar-refractivity contribution in [3.8, 4) is 0 Å². The molecule has 0 aliphatic heterocycles. The number of hydrogen-bond acceptors (Lipinski definition) is 3. The molecule has 0 saturated heterocycles. The van der Waals surface area contributed by atoms with Crippen molar-refractivity contribution in [3.63, 3.8) is 0 Å². The summed E-state index contributed by atoms with van der Waals surface area (Å²) in [7, 11) is 0. The Morgan fingerprint density at radius 3 is 2.67 bits per heavy atom. The van der Waals surface area contributed by atoms with Gasteiger partial charge in [-0.25, -0.2) is 0 Å². The van der Waals surface area contributed by atoms with Gasteiger partial charge in [0.25, 0.3) is 0 Å². The molecule has 0 radical (unpaired) electrons. The lowest BCUT2D eigenvalue weighted by atomic mass is 10.2. The van der Waals surface area contributed by atoms with Crippen LogP contribution in [0.2, 0.25) is 0 Å². The topological polar surface area (TPSA) is 24.9 Å². The number of nitrogens with one attached hydrogen (secondary N) is 1. The number of alkyl halides is 3. The highest BCUT2D eigenvalue weighted by Gasteiger charge is 2.31. The van der Waals surface area contributed by atoms with Gasteiger partial charge in [-0.1, -0.05) is 15.9 Å². The number of rotatable bonds is 3. The van der Waals surface area contributed by atoms with Gasteiger partial charge in [0.15, 0.2) is 0 Å². The largest absolute Gasteiger partial charge is 0.416 e. The molecule has 1 heterocycles. The van der Waals surface area contributed by atoms with Crippen molar-refractivity contribution in [2.24, 2.45) is 0 Å². The van der Waals surface area contributed by atoms with Crippen molar-refractivity contribution in [3.05, 3.63) is 44.8 Å². The molecule has 0 atom stereocenters. The molecule has 1 aromatic carbocycles. The molecule has 96 valence electrons. The van der Waals surface area contributed by atoms with Crippen molar-refractivity contribution in [1.29, 1.82) is 0 Å². The van der Waals surface area contributed by atoms with Gasteiger partial charge in [0.2, 0.25) is 0 Å². The number of benzene rings is 1. The predicted octanol–water partition coefficient (Wildman–Crippen LogP) is 4.54. The average molecular weight is 337 g/mol. The van der Waals surface area contributed by atoms with E-state index in [1.54, 1.807) is 17.8 Å². The molecule has 7 heteroatoms. The number of aromatic nitrogens is 1. The third-order valence-corrected chi connectivity index (χ3v) is 3.41. The van der Waals surface area contributed by atoms with Crippen LogP contribution >= 0.6 is 27.3 Å². The van der Waals surface area contributed by atoms with Gasteiger partial charge in [-0.15, -0.1) is 11.3 Å². The summed E-state index contributed by atoms with van der Waals surface area (Å²) in [6.07, 6.45) is -2.66. The summed E-state index contributed by atoms with van der Waals surface area (Å²) in [5.41, 5.74) is 1.42. The Morgan fingerprint density at radius 1 is 1.28 bits per heavy atom. The van der Waals surface area contributed by atoms with Crippen molar-refractivity contribution in [2.75, 3.05) is 5.32 Å². The molecule has 0 aliphatic rings. The van der Waals surface area contributed by atoms with E-state index in [0.717, 1.165) is 17.0 Å². The van der Waals surface area contributed by atoms with Crippen molar-refractivity contribution >= 4 is 33.0 Å². The summed E-state index contributed by atoms with van der Waals surface area (Å²) < 4.78 is 38.2. The number of nitrogens with zero attached hydrogens (tertiary/aromatic N) is 1. The zero-order valence-corrected chi connectivity index (χ0v) is 11.4. The number of thiazole rings is 1. The van der Waals surface area contributed by atoms with Gasteiger partial charge in [0, 0.05) is 21.2 Å². The molecule has 0 saturated carbocycles. The summed E-state index contributed by atoms with van der Waals surface area (Å²) in [4.78, 5) is 4.86. The Bertz CT molecular complexity index is 526. The summed E-state index contributed by atoms with van der Waals surface area (Å²) in [5, 5.41) is 2.94. The molecule has 0 aliphatic carbocycles. The molecule has 18 heavy (non-hydrogen) atoms. The van der Waals surface area contributed by atoms with E-state index in [1.165, 1.54) is 11.3 Å². The first-order chi connectivity index (χ1) is 8.45. The number of halogens is 4. The second-order valence-corrected chi connectivity index (χ2v) is 5.43. The summed E-state index contributed by atoms with van der Waals surface area (Å²) in [6, 6.07) is 3.75. The van der Waals surface area contributed by atoms with Crippen molar-refractivity contribution in [2.45, 2.75) is 12.7 Å². The molecular formula is C11H8BrF3N2S. The minimum Gasteiger partial charge on any atom is -0.380 e. The maximum Gasteiger partial charge on any atom is 0.416 e. The van der Waals surface area contributed by atoms with E-state index in [-0.39, 0.29) is 0 Å². The van der Waals surface area contributed by atoms with E-state index < -0.39 is 11.7 Å². The molecule has 2 nitrogen and oxygen atoms in total. The maximum atomic E-state index is 12.6. The van der Waals surface area contributed by atoms with Crippen LogP contribution in [-0.2, 0) is 12.7 Å². The summed E-state index contributed by atoms with van der Waals surface area (Å²) in [5.74, 6) is 0. The van der Waals surface area contributed by atoms with Crippen LogP contribution in [-0.4, -0.2) is 4.98 Å². The van der Waals surface area contributed by atoms with Crippen LogP contribution in [0.25, 0.3) is 0 Å². The molecular weight excluding hydrogens is 329 g/mol. The Morgan fingerprint density at radius 2 is 2.06 bits per heavy atom. The molecule has 2 aromatic rings. The van der Waals surface area contributed by atoms with E-state index in [0.29, 0.717) is 16.7 Å². The fourth-order valence-electron chi connectivity index (χ4n) is 1.37. The molecule has 1 aromatic heterocycles. The molecule has 1 N–H and O–H groups in total. The Labute approximate surface area is 114 Å². The van der Waals surface area contributed by atoms with Gasteiger partial charge in [-0.05, 0) is 18.2 Å². The van der Waals surface area contributed by atoms with E-state index >= 15 is 0 Å². The zero-order valence-electron chi connectivity index (χ0n) is 8.96. The Kier molecular flexibility index (Phi) is 3.91. The van der Waals surface area contributed by atoms with Crippen LogP contribution in [0, 0.1) is 0 Å². The highest BCUT2D eigenvalue weighted by atomic mass is 79.9. The van der Waals surface area contributed by atoms with E-state index in [4.69, 9.17) is 0 Å². The highest BCUT2D eigenvalue weighted by molar-refractivity contribution is 9.10. The molecule has 0 spiro atoms. The molecule has 0 amide bonds. The van der Waals surface area contributed by atoms with E-state index in [2.05, 4.69) is 26.2 Å². The third kappa shape index (κ3) is 3.46. The first kappa shape index (κ1) is 13.4. The van der Waals surface area contributed by atoms with Gasteiger partial charge in [-0.2, -0.15) is 13.2 Å². The second kappa shape index (κ2) is 5.27. The standard InChI is InChI=1S/C11H8BrF3N2S/c12-8-1-7(11(13,14)15)2-9(3-8)17-5-10-4-16-6-18-10/h1-4,6,17H,5H2. The van der Waals surface area contributed by atoms with Crippen LogP contribution in [0.1, 0.15) is 10.4 Å². The second-order valence-electron chi connectivity index (χ2n) is 3.55. The lowest BCUT2D eigenvalue weighted by Crippen LogP contribution is -2.06. The SMILES string of the molecule is FC(F)(F)c1cc(Br)cc(NCc2cncs2)c1. The fraction of sp³-hybridized carbons (Fsp3) is 0.182. The zero-order chi connectivity index (χ0) is 13.2. The summed E-state index contributed by atoms with van der Waals surface area (Å²) >= 11 is 4.52. The normalized spacial score (nSPS) is 11.6. The smallest absolute Gasteiger partial charge is 0.380 e. The molecule has 0 unspecified atom stereocenters. The molecule has 0 bridgehead atoms. The van der Waals surface area contributed by atoms with Crippen molar-refractivity contribution in [1.82, 2.24) is 4.98 Å². The minimum absolute atomic E-state index is 0.393. The van der Waals surface area contributed by atoms with Crippen LogP contribution in [0.4, 0.5) is 18.9 Å². The van der Waals surface area contributed by atoms with Gasteiger partial charge in [-0.3, -0.25) is 4.98 Å². The van der Waals surface area contributed by atoms with E-state index in [9.17, 15) is 13.2 Å². The Hall–Kier alpha value is -1.08. The van der Waals surface area contributed by atoms with Crippen LogP contribution in [0.3, 0.4) is 0 Å². The van der Waals surface area contributed by atoms with Crippen LogP contribution in [0.5, 0.6) is 0 Å². The Balaban J connectivity index is 2.15. The third-order valence-electron chi connectivity index (χ3n) is 2.18. The summed E-state index contributed by atoms with van der Waals surface area (Å²) in [6.45, 7) is 0.457. The number of anilines is 1. The van der Waals surface area contributed by atoms with Crippen molar-refractivity contribution < 1.29 is 13.2 Å². The number of hydrogen-bond donors (Lipinski definition) is 1. The average Bonchev–Trinajstić information content (AvgIpc) is 2.77. The van der Waals surface area contributed by atoms with Gasteiger partial charge in [0.1, 0.15) is 0 Å². The maximum absolute atomic E-state index is 12.6. The monoisotopic (exact) mass is 336 g/mol. The quantitative estimate of drug-likeness (QED) is 0.890. The lowest BCUT2D eigenvalue weighted by Gasteiger charge is -2.11. The predicted molar refractivity (Wildman–Crippen MR) is 68.6 cm³/mol. The van der Waals surface area contributed by atoms with Gasteiger partial charge < -0.3 is 5.32 Å². The van der Waals surface area contributed by atoms with E-state index in [1.807, 2.05) is 0 Å². The van der Waals surface area contributed by atoms with Crippen LogP contribution < -0.4 is 5.32 Å². The fourth-order valence-corrected chi connectivity index (χ4v) is 2.40. The van der Waals surface area contributed by atoms with Gasteiger partial charge in [0.05, 0.1) is 17.6 Å². The van der Waals surface area contributed by atoms with Gasteiger partial charge >= 0.3 is 6.18 Å². The minimum atomic E-state index is -4.34. The highest BCUT2D eigenvalue weighted by Crippen LogP contribution is 2.33.